The highest BCUT2D eigenvalue weighted by Gasteiger charge is 2.46. The molecule has 0 bridgehead atoms. The second kappa shape index (κ2) is 25.1. The highest BCUT2D eigenvalue weighted by molar-refractivity contribution is 7.26. The lowest BCUT2D eigenvalue weighted by atomic mass is 9.73. The van der Waals surface area contributed by atoms with Crippen molar-refractivity contribution in [3.63, 3.8) is 0 Å². The van der Waals surface area contributed by atoms with Gasteiger partial charge in [-0.25, -0.2) is 0 Å². The van der Waals surface area contributed by atoms with Crippen LogP contribution in [0, 0.1) is 0 Å². The van der Waals surface area contributed by atoms with Crippen molar-refractivity contribution in [2.24, 2.45) is 0 Å². The summed E-state index contributed by atoms with van der Waals surface area (Å²) in [4.78, 5) is 5.18. The van der Waals surface area contributed by atoms with Gasteiger partial charge in [0.05, 0.1) is 59.1 Å². The van der Waals surface area contributed by atoms with E-state index in [1.165, 1.54) is 38.1 Å². The SMILES string of the molecule is [2H]c1c(C(C)(C)C)c([2H])c2c3c([2H])c(C(C)(C)C)c([2H])c([2H])c3n(-c3cc4c5c(c3)N(c3c(-c6ccccc6)cc6sc7ccccc7c6c3-c3ccccc3)c3ccc(-c6cc(C(C)(C)C)cc(C(C)(C)C)c6)cc3C5c3ccc(C(C)(C)C)cc3N4c3c(-c4ccccc4)cc4c(c3-c3ccccc3)Cc3ccccc3-4)c2c1[2H]. The number of thiophene rings is 1. The molecular formula is C106H95N3S. The Balaban J connectivity index is 1.09. The lowest BCUT2D eigenvalue weighted by molar-refractivity contribution is 0.569. The van der Waals surface area contributed by atoms with E-state index in [9.17, 15) is 8.22 Å². The maximum Gasteiger partial charge on any atom is 0.0645 e. The van der Waals surface area contributed by atoms with E-state index in [1.807, 2.05) is 57.4 Å². The van der Waals surface area contributed by atoms with Crippen LogP contribution in [0.3, 0.4) is 0 Å². The molecule has 16 aromatic rings. The molecule has 0 radical (unpaired) electrons. The van der Waals surface area contributed by atoms with E-state index in [-0.39, 0.29) is 63.5 Å². The Morgan fingerprint density at radius 3 is 1.41 bits per heavy atom. The summed E-state index contributed by atoms with van der Waals surface area (Å²) in [5.41, 5.74) is 27.5. The number of hydrogen-bond donors (Lipinski definition) is 0. The predicted octanol–water partition coefficient (Wildman–Crippen LogP) is 30.3. The van der Waals surface area contributed by atoms with Crippen molar-refractivity contribution in [1.82, 2.24) is 4.57 Å². The van der Waals surface area contributed by atoms with Crippen LogP contribution in [-0.4, -0.2) is 4.57 Å². The third-order valence-corrected chi connectivity index (χ3v) is 24.5. The summed E-state index contributed by atoms with van der Waals surface area (Å²) in [7, 11) is 0. The number of benzene rings is 14. The zero-order valence-electron chi connectivity index (χ0n) is 71.7. The number of nitrogens with zero attached hydrogens (tertiary/aromatic N) is 3. The molecule has 0 N–H and O–H groups in total. The molecule has 4 heterocycles. The number of hydrogen-bond acceptors (Lipinski definition) is 3. The van der Waals surface area contributed by atoms with Crippen LogP contribution in [-0.2, 0) is 33.5 Å². The average molecular weight is 1450 g/mol. The summed E-state index contributed by atoms with van der Waals surface area (Å²) < 4.78 is 67.9. The van der Waals surface area contributed by atoms with E-state index in [0.717, 1.165) is 127 Å². The lowest BCUT2D eigenvalue weighted by Gasteiger charge is -2.47. The normalized spacial score (nSPS) is 14.9. The van der Waals surface area contributed by atoms with E-state index in [1.54, 1.807) is 0 Å². The third kappa shape index (κ3) is 11.2. The summed E-state index contributed by atoms with van der Waals surface area (Å²) in [6, 6.07) is 92.3. The van der Waals surface area contributed by atoms with Crippen LogP contribution < -0.4 is 9.80 Å². The molecule has 0 saturated carbocycles. The molecular weight excluding hydrogens is 1350 g/mol. The first kappa shape index (κ1) is 62.6. The zero-order valence-corrected chi connectivity index (χ0v) is 66.5. The summed E-state index contributed by atoms with van der Waals surface area (Å²) >= 11 is 1.81. The maximum absolute atomic E-state index is 10.8. The molecule has 19 rings (SSSR count). The molecule has 1 aliphatic carbocycles. The Hall–Kier alpha value is -11.3. The van der Waals surface area contributed by atoms with Crippen LogP contribution >= 0.6 is 11.3 Å². The van der Waals surface area contributed by atoms with E-state index in [4.69, 9.17) is 0 Å². The first-order valence-corrected chi connectivity index (χ1v) is 39.9. The zero-order chi connectivity index (χ0) is 81.0. The summed E-state index contributed by atoms with van der Waals surface area (Å²) in [5.74, 6) is -0.474. The van der Waals surface area contributed by atoms with Crippen molar-refractivity contribution < 1.29 is 8.22 Å². The van der Waals surface area contributed by atoms with E-state index < -0.39 is 16.7 Å². The minimum absolute atomic E-state index is 0.0387. The Morgan fingerprint density at radius 2 is 0.836 bits per heavy atom. The second-order valence-electron chi connectivity index (χ2n) is 36.0. The predicted molar refractivity (Wildman–Crippen MR) is 473 cm³/mol. The van der Waals surface area contributed by atoms with Gasteiger partial charge in [0.25, 0.3) is 0 Å². The molecule has 2 aliphatic heterocycles. The van der Waals surface area contributed by atoms with Crippen LogP contribution in [0.5, 0.6) is 0 Å². The summed E-state index contributed by atoms with van der Waals surface area (Å²) in [6.07, 6.45) is 0.686. The highest BCUT2D eigenvalue weighted by atomic mass is 32.1. The number of aromatic nitrogens is 1. The highest BCUT2D eigenvalue weighted by Crippen LogP contribution is 2.67. The Morgan fingerprint density at radius 1 is 0.336 bits per heavy atom. The van der Waals surface area contributed by atoms with Crippen LogP contribution in [0.2, 0.25) is 0 Å². The smallest absolute Gasteiger partial charge is 0.0645 e. The van der Waals surface area contributed by atoms with Crippen LogP contribution in [0.25, 0.3) is 114 Å². The second-order valence-corrected chi connectivity index (χ2v) is 37.1. The van der Waals surface area contributed by atoms with Crippen molar-refractivity contribution >= 4 is 87.4 Å². The number of fused-ring (bicyclic) bond motifs is 13. The summed E-state index contributed by atoms with van der Waals surface area (Å²) in [5, 5.41) is 2.92. The monoisotopic (exact) mass is 1450 g/mol. The number of rotatable bonds is 8. The molecule has 2 aromatic heterocycles. The molecule has 14 aromatic carbocycles. The molecule has 0 saturated heterocycles. The van der Waals surface area contributed by atoms with Crippen molar-refractivity contribution in [1.29, 1.82) is 0 Å². The van der Waals surface area contributed by atoms with Gasteiger partial charge >= 0.3 is 0 Å². The molecule has 3 aliphatic rings. The minimum Gasteiger partial charge on any atom is -0.309 e. The Bertz CT molecular complexity index is 6690. The van der Waals surface area contributed by atoms with Gasteiger partial charge in [0.1, 0.15) is 0 Å². The van der Waals surface area contributed by atoms with Crippen molar-refractivity contribution in [3.8, 4) is 72.4 Å². The summed E-state index contributed by atoms with van der Waals surface area (Å²) in [6.45, 7) is 32.7. The van der Waals surface area contributed by atoms with Gasteiger partial charge in [-0.15, -0.1) is 11.3 Å². The van der Waals surface area contributed by atoms with Crippen LogP contribution in [0.1, 0.15) is 174 Å². The number of anilines is 6. The van der Waals surface area contributed by atoms with Crippen molar-refractivity contribution in [2.75, 3.05) is 9.80 Å². The third-order valence-electron chi connectivity index (χ3n) is 23.4. The molecule has 110 heavy (non-hydrogen) atoms. The molecule has 1 atom stereocenters. The molecule has 4 heteroatoms. The molecule has 0 fully saturated rings. The van der Waals surface area contributed by atoms with Crippen molar-refractivity contribution in [2.45, 2.75) is 143 Å². The quantitative estimate of drug-likeness (QED) is 0.150. The van der Waals surface area contributed by atoms with Gasteiger partial charge in [-0.05, 0) is 201 Å². The topological polar surface area (TPSA) is 11.4 Å². The Labute approximate surface area is 662 Å². The average Bonchev–Trinajstić information content (AvgIpc) is 1.15. The van der Waals surface area contributed by atoms with Crippen LogP contribution in [0.4, 0.5) is 34.1 Å². The van der Waals surface area contributed by atoms with E-state index in [2.05, 4.69) is 321 Å². The fourth-order valence-corrected chi connectivity index (χ4v) is 18.8. The van der Waals surface area contributed by atoms with Gasteiger partial charge in [0, 0.05) is 64.7 Å². The molecule has 1 unspecified atom stereocenters. The van der Waals surface area contributed by atoms with Gasteiger partial charge < -0.3 is 14.4 Å². The van der Waals surface area contributed by atoms with Crippen LogP contribution in [0.15, 0.2) is 285 Å². The first-order chi connectivity index (χ1) is 55.3. The first-order valence-electron chi connectivity index (χ1n) is 42.1. The molecule has 3 nitrogen and oxygen atoms in total. The fraction of sp³-hybridized carbons (Fsp3) is 0.208. The minimum atomic E-state index is -0.782. The molecule has 540 valence electrons. The Kier molecular flexibility index (Phi) is 14.3. The van der Waals surface area contributed by atoms with Gasteiger partial charge in [0.2, 0.25) is 0 Å². The standard InChI is InChI=1S/C106H95N3S/c1-102(2,3)71-46-50-87-83(57-71)84-58-72(103(4,5)6)47-51-88(84)107(87)76-60-91-99-92(61-76)109(100-80(64-32-20-16-21-33-64)62-82-77-41-29-28-40-69(77)55-85(82)95(100)66-36-24-18-25-37-66)90-59-73(104(7,8)9)45-48-78(90)97(99)86-54-68(70-52-74(105(10,11)12)56-75(53-70)106(13,14)15)44-49-89(86)108(91)101-81(65-34-22-17-23-35-65)63-94-98(79-42-30-31-43-93(79)110-94)96(101)67-38-26-19-27-39-67/h16-54,56-63,97H,55H2,1-15H3/i46D,47D,50D,51D,57D,58D. The lowest BCUT2D eigenvalue weighted by Crippen LogP contribution is -2.31. The van der Waals surface area contributed by atoms with Gasteiger partial charge in [-0.1, -0.05) is 316 Å². The molecule has 0 spiro atoms. The fourth-order valence-electron chi connectivity index (χ4n) is 17.6. The van der Waals surface area contributed by atoms with E-state index in [0.29, 0.717) is 34.0 Å². The van der Waals surface area contributed by atoms with Gasteiger partial charge in [-0.2, -0.15) is 0 Å². The van der Waals surface area contributed by atoms with E-state index >= 15 is 0 Å². The maximum atomic E-state index is 10.8. The van der Waals surface area contributed by atoms with Gasteiger partial charge in [0.15, 0.2) is 0 Å². The molecule has 0 amide bonds. The van der Waals surface area contributed by atoms with Crippen molar-refractivity contribution in [3.05, 3.63) is 341 Å². The largest absolute Gasteiger partial charge is 0.309 e. The van der Waals surface area contributed by atoms with Gasteiger partial charge in [-0.3, -0.25) is 0 Å².